The van der Waals surface area contributed by atoms with Gasteiger partial charge >= 0.3 is 0 Å². The molecule has 5 nitrogen and oxygen atoms in total. The van der Waals surface area contributed by atoms with Crippen molar-refractivity contribution in [2.75, 3.05) is 25.3 Å². The monoisotopic (exact) mass is 252 g/mol. The second kappa shape index (κ2) is 5.73. The molecule has 0 saturated heterocycles. The lowest BCUT2D eigenvalue weighted by Gasteiger charge is -2.25. The van der Waals surface area contributed by atoms with Gasteiger partial charge in [0.25, 0.3) is 5.91 Å². The molecule has 0 fully saturated rings. The second-order valence-corrected chi connectivity index (χ2v) is 4.20. The Morgan fingerprint density at radius 3 is 2.61 bits per heavy atom. The Labute approximate surface area is 107 Å². The summed E-state index contributed by atoms with van der Waals surface area (Å²) in [4.78, 5) is 12.1. The summed E-state index contributed by atoms with van der Waals surface area (Å²) in [6.45, 7) is 3.62. The zero-order valence-corrected chi connectivity index (χ0v) is 11.2. The van der Waals surface area contributed by atoms with E-state index in [1.54, 1.807) is 32.2 Å². The molecule has 0 spiro atoms. The Hall–Kier alpha value is -1.75. The number of hydrogen-bond donors (Lipinski definition) is 2. The molecular formula is C13H20N2O3. The van der Waals surface area contributed by atoms with E-state index >= 15 is 0 Å². The Kier molecular flexibility index (Phi) is 4.55. The van der Waals surface area contributed by atoms with Gasteiger partial charge in [0, 0.05) is 13.2 Å². The second-order valence-electron chi connectivity index (χ2n) is 4.20. The Morgan fingerprint density at radius 1 is 1.44 bits per heavy atom. The third kappa shape index (κ3) is 2.92. The normalized spacial score (nSPS) is 13.8. The molecule has 0 aliphatic heterocycles. The molecule has 0 radical (unpaired) electrons. The largest absolute Gasteiger partial charge is 0.497 e. The van der Waals surface area contributed by atoms with E-state index in [9.17, 15) is 4.79 Å². The first-order valence-electron chi connectivity index (χ1n) is 5.77. The Bertz CT molecular complexity index is 428. The molecule has 1 aromatic carbocycles. The predicted octanol–water partition coefficient (Wildman–Crippen LogP) is 2.03. The quantitative estimate of drug-likeness (QED) is 0.786. The number of nitrogen functional groups attached to an aromatic ring is 1. The van der Waals surface area contributed by atoms with E-state index in [1.165, 1.54) is 7.11 Å². The molecule has 0 heterocycles. The standard InChI is InChI=1S/C13H20N2O3/c1-5-13(2,18-4)12(16)15-11-8-9(17-3)6-7-10(11)14/h6-8H,5,14H2,1-4H3,(H,15,16). The molecule has 0 saturated carbocycles. The van der Waals surface area contributed by atoms with Crippen LogP contribution in [-0.2, 0) is 9.53 Å². The first kappa shape index (κ1) is 14.3. The van der Waals surface area contributed by atoms with Gasteiger partial charge in [-0.05, 0) is 25.5 Å². The molecule has 100 valence electrons. The van der Waals surface area contributed by atoms with Crippen LogP contribution in [0.3, 0.4) is 0 Å². The zero-order valence-electron chi connectivity index (χ0n) is 11.2. The fourth-order valence-electron chi connectivity index (χ4n) is 1.42. The number of ether oxygens (including phenoxy) is 2. The average molecular weight is 252 g/mol. The van der Waals surface area contributed by atoms with Gasteiger partial charge in [0.2, 0.25) is 0 Å². The third-order valence-electron chi connectivity index (χ3n) is 3.11. The highest BCUT2D eigenvalue weighted by Gasteiger charge is 2.31. The number of anilines is 2. The maximum absolute atomic E-state index is 12.1. The van der Waals surface area contributed by atoms with Crippen molar-refractivity contribution in [2.45, 2.75) is 25.9 Å². The minimum Gasteiger partial charge on any atom is -0.497 e. The summed E-state index contributed by atoms with van der Waals surface area (Å²) in [7, 11) is 3.07. The van der Waals surface area contributed by atoms with E-state index in [0.717, 1.165) is 0 Å². The molecule has 1 atom stereocenters. The van der Waals surface area contributed by atoms with Crippen molar-refractivity contribution < 1.29 is 14.3 Å². The first-order valence-corrected chi connectivity index (χ1v) is 5.77. The number of carbonyl (C=O) groups excluding carboxylic acids is 1. The van der Waals surface area contributed by atoms with Gasteiger partial charge < -0.3 is 20.5 Å². The SMILES string of the molecule is CCC(C)(OC)C(=O)Nc1cc(OC)ccc1N. The molecule has 0 bridgehead atoms. The van der Waals surface area contributed by atoms with Gasteiger partial charge in [-0.3, -0.25) is 4.79 Å². The number of amides is 1. The van der Waals surface area contributed by atoms with Crippen LogP contribution in [0.25, 0.3) is 0 Å². The van der Waals surface area contributed by atoms with Crippen molar-refractivity contribution >= 4 is 17.3 Å². The predicted molar refractivity (Wildman–Crippen MR) is 71.7 cm³/mol. The minimum absolute atomic E-state index is 0.229. The molecule has 1 aromatic rings. The number of carbonyl (C=O) groups is 1. The molecule has 3 N–H and O–H groups in total. The molecule has 5 heteroatoms. The van der Waals surface area contributed by atoms with Crippen LogP contribution in [0, 0.1) is 0 Å². The van der Waals surface area contributed by atoms with Gasteiger partial charge in [0.05, 0.1) is 18.5 Å². The molecule has 1 rings (SSSR count). The summed E-state index contributed by atoms with van der Waals surface area (Å²) >= 11 is 0. The van der Waals surface area contributed by atoms with E-state index < -0.39 is 5.60 Å². The fraction of sp³-hybridized carbons (Fsp3) is 0.462. The number of hydrogen-bond acceptors (Lipinski definition) is 4. The van der Waals surface area contributed by atoms with Crippen LogP contribution in [0.1, 0.15) is 20.3 Å². The van der Waals surface area contributed by atoms with Gasteiger partial charge in [-0.25, -0.2) is 0 Å². The summed E-state index contributed by atoms with van der Waals surface area (Å²) < 4.78 is 10.3. The Morgan fingerprint density at radius 2 is 2.11 bits per heavy atom. The number of methoxy groups -OCH3 is 2. The van der Waals surface area contributed by atoms with Crippen molar-refractivity contribution in [3.8, 4) is 5.75 Å². The zero-order chi connectivity index (χ0) is 13.8. The van der Waals surface area contributed by atoms with Crippen LogP contribution >= 0.6 is 0 Å². The number of nitrogens with one attached hydrogen (secondary N) is 1. The van der Waals surface area contributed by atoms with E-state index in [4.69, 9.17) is 15.2 Å². The van der Waals surface area contributed by atoms with E-state index in [-0.39, 0.29) is 5.91 Å². The van der Waals surface area contributed by atoms with Gasteiger partial charge in [0.15, 0.2) is 0 Å². The molecule has 1 unspecified atom stereocenters. The lowest BCUT2D eigenvalue weighted by atomic mass is 10.0. The number of nitrogens with two attached hydrogens (primary N) is 1. The van der Waals surface area contributed by atoms with Crippen LogP contribution < -0.4 is 15.8 Å². The van der Waals surface area contributed by atoms with Crippen molar-refractivity contribution in [2.24, 2.45) is 0 Å². The molecule has 18 heavy (non-hydrogen) atoms. The molecule has 0 aliphatic rings. The summed E-state index contributed by atoms with van der Waals surface area (Å²) in [6.07, 6.45) is 0.569. The lowest BCUT2D eigenvalue weighted by Crippen LogP contribution is -2.41. The van der Waals surface area contributed by atoms with Gasteiger partial charge in [-0.15, -0.1) is 0 Å². The van der Waals surface area contributed by atoms with Gasteiger partial charge in [-0.2, -0.15) is 0 Å². The number of rotatable bonds is 5. The summed E-state index contributed by atoms with van der Waals surface area (Å²) in [5.74, 6) is 0.405. The molecule has 0 aliphatic carbocycles. The molecule has 1 amide bonds. The van der Waals surface area contributed by atoms with Crippen LogP contribution in [0.2, 0.25) is 0 Å². The van der Waals surface area contributed by atoms with Crippen LogP contribution in [-0.4, -0.2) is 25.7 Å². The highest BCUT2D eigenvalue weighted by Crippen LogP contribution is 2.26. The van der Waals surface area contributed by atoms with Crippen LogP contribution in [0.15, 0.2) is 18.2 Å². The van der Waals surface area contributed by atoms with E-state index in [1.807, 2.05) is 6.92 Å². The van der Waals surface area contributed by atoms with Crippen molar-refractivity contribution in [3.05, 3.63) is 18.2 Å². The highest BCUT2D eigenvalue weighted by atomic mass is 16.5. The maximum Gasteiger partial charge on any atom is 0.256 e. The summed E-state index contributed by atoms with van der Waals surface area (Å²) in [5.41, 5.74) is 5.95. The molecule has 0 aromatic heterocycles. The van der Waals surface area contributed by atoms with E-state index in [0.29, 0.717) is 23.5 Å². The average Bonchev–Trinajstić information content (AvgIpc) is 2.40. The van der Waals surface area contributed by atoms with Crippen LogP contribution in [0.4, 0.5) is 11.4 Å². The summed E-state index contributed by atoms with van der Waals surface area (Å²) in [5, 5.41) is 2.76. The smallest absolute Gasteiger partial charge is 0.256 e. The number of benzene rings is 1. The molecular weight excluding hydrogens is 232 g/mol. The van der Waals surface area contributed by atoms with Crippen molar-refractivity contribution in [3.63, 3.8) is 0 Å². The summed E-state index contributed by atoms with van der Waals surface area (Å²) in [6, 6.07) is 5.10. The van der Waals surface area contributed by atoms with E-state index in [2.05, 4.69) is 5.32 Å². The minimum atomic E-state index is -0.866. The van der Waals surface area contributed by atoms with Gasteiger partial charge in [0.1, 0.15) is 11.4 Å². The third-order valence-corrected chi connectivity index (χ3v) is 3.11. The topological polar surface area (TPSA) is 73.6 Å². The maximum atomic E-state index is 12.1. The lowest BCUT2D eigenvalue weighted by molar-refractivity contribution is -0.136. The van der Waals surface area contributed by atoms with Crippen molar-refractivity contribution in [1.29, 1.82) is 0 Å². The first-order chi connectivity index (χ1) is 8.46. The van der Waals surface area contributed by atoms with Crippen molar-refractivity contribution in [1.82, 2.24) is 0 Å². The fourth-order valence-corrected chi connectivity index (χ4v) is 1.42. The van der Waals surface area contributed by atoms with Crippen LogP contribution in [0.5, 0.6) is 5.75 Å². The Balaban J connectivity index is 2.94. The highest BCUT2D eigenvalue weighted by molar-refractivity contribution is 5.99. The van der Waals surface area contributed by atoms with Gasteiger partial charge in [-0.1, -0.05) is 6.92 Å².